The lowest BCUT2D eigenvalue weighted by molar-refractivity contribution is -0.00648. The highest BCUT2D eigenvalue weighted by molar-refractivity contribution is 5.95. The molecule has 4 fully saturated rings. The summed E-state index contributed by atoms with van der Waals surface area (Å²) >= 11 is 0. The number of amides is 1. The summed E-state index contributed by atoms with van der Waals surface area (Å²) in [6.45, 7) is 0.927. The van der Waals surface area contributed by atoms with Crippen molar-refractivity contribution in [2.24, 2.45) is 17.8 Å². The molecule has 0 unspecified atom stereocenters. The Balaban J connectivity index is 1.06. The molecule has 1 amide bonds. The summed E-state index contributed by atoms with van der Waals surface area (Å²) in [6.07, 6.45) is 7.85. The van der Waals surface area contributed by atoms with Crippen LogP contribution in [0.5, 0.6) is 11.5 Å². The number of carbonyl (C=O) groups is 1. The molecular weight excluding hydrogens is 534 g/mol. The summed E-state index contributed by atoms with van der Waals surface area (Å²) < 4.78 is 12.4. The Kier molecular flexibility index (Phi) is 7.44. The van der Waals surface area contributed by atoms with Crippen molar-refractivity contribution in [3.8, 4) is 11.5 Å². The predicted molar refractivity (Wildman–Crippen MR) is 170 cm³/mol. The minimum absolute atomic E-state index is 0.160. The number of ether oxygens (including phenoxy) is 2. The minimum atomic E-state index is -0.245. The second-order valence-corrected chi connectivity index (χ2v) is 12.8. The van der Waals surface area contributed by atoms with Crippen LogP contribution in [0.3, 0.4) is 0 Å². The quantitative estimate of drug-likeness (QED) is 0.134. The normalized spacial score (nSPS) is 23.5. The number of nitrogen functional groups attached to an aromatic ring is 1. The number of nitrogens with two attached hydrogens (primary N) is 1. The molecule has 4 aromatic carbocycles. The van der Waals surface area contributed by atoms with E-state index in [1.807, 2.05) is 66.7 Å². The monoisotopic (exact) mass is 573 g/mol. The van der Waals surface area contributed by atoms with Crippen LogP contribution >= 0.6 is 0 Å². The van der Waals surface area contributed by atoms with Gasteiger partial charge in [0.1, 0.15) is 24.7 Å². The number of rotatable bonds is 10. The zero-order valence-corrected chi connectivity index (χ0v) is 24.4. The van der Waals surface area contributed by atoms with Gasteiger partial charge in [-0.15, -0.1) is 0 Å². The summed E-state index contributed by atoms with van der Waals surface area (Å²) in [5, 5.41) is 0. The average Bonchev–Trinajstić information content (AvgIpc) is 3.02. The smallest absolute Gasteiger partial charge is 0.269 e. The fraction of sp³-hybridized carbons (Fsp3) is 0.324. The van der Waals surface area contributed by atoms with Crippen molar-refractivity contribution >= 4 is 17.3 Å². The number of nitrogens with one attached hydrogen (secondary N) is 2. The Labute approximate surface area is 253 Å². The van der Waals surface area contributed by atoms with Gasteiger partial charge in [-0.25, -0.2) is 0 Å². The minimum Gasteiger partial charge on any atom is -0.489 e. The predicted octanol–water partition coefficient (Wildman–Crippen LogP) is 7.65. The SMILES string of the molecule is Nc1cc(OCc2ccccc2)ccc1NNC(=O)c1ccc(C23CC4CC(CC(C4)C2)C3)c(OCc2ccccc2)c1. The zero-order chi connectivity index (χ0) is 29.2. The fourth-order valence-corrected chi connectivity index (χ4v) is 8.08. The Morgan fingerprint density at radius 3 is 1.95 bits per heavy atom. The van der Waals surface area contributed by atoms with Crippen molar-refractivity contribution in [1.29, 1.82) is 0 Å². The van der Waals surface area contributed by atoms with Crippen LogP contribution in [0.25, 0.3) is 0 Å². The third-order valence-corrected chi connectivity index (χ3v) is 9.67. The van der Waals surface area contributed by atoms with Gasteiger partial charge in [-0.05, 0) is 97.1 Å². The maximum absolute atomic E-state index is 13.3. The lowest BCUT2D eigenvalue weighted by Crippen LogP contribution is -2.48. The Bertz CT molecular complexity index is 1550. The highest BCUT2D eigenvalue weighted by Gasteiger charge is 2.52. The number of hydrazine groups is 1. The van der Waals surface area contributed by atoms with E-state index in [0.717, 1.165) is 34.6 Å². The van der Waals surface area contributed by atoms with Crippen molar-refractivity contribution in [2.75, 3.05) is 11.2 Å². The Morgan fingerprint density at radius 1 is 0.744 bits per heavy atom. The summed E-state index contributed by atoms with van der Waals surface area (Å²) in [6, 6.07) is 31.6. The highest BCUT2D eigenvalue weighted by atomic mass is 16.5. The van der Waals surface area contributed by atoms with Crippen molar-refractivity contribution in [3.05, 3.63) is 119 Å². The molecule has 6 heteroatoms. The molecular formula is C37H39N3O3. The molecule has 0 aromatic heterocycles. The van der Waals surface area contributed by atoms with E-state index < -0.39 is 0 Å². The van der Waals surface area contributed by atoms with Crippen LogP contribution < -0.4 is 26.1 Å². The topological polar surface area (TPSA) is 85.6 Å². The highest BCUT2D eigenvalue weighted by Crippen LogP contribution is 2.62. The first-order valence-corrected chi connectivity index (χ1v) is 15.5. The molecule has 4 aromatic rings. The second kappa shape index (κ2) is 11.7. The van der Waals surface area contributed by atoms with E-state index in [2.05, 4.69) is 29.1 Å². The van der Waals surface area contributed by atoms with Crippen molar-refractivity contribution in [2.45, 2.75) is 57.2 Å². The van der Waals surface area contributed by atoms with Gasteiger partial charge in [0.25, 0.3) is 5.91 Å². The molecule has 43 heavy (non-hydrogen) atoms. The van der Waals surface area contributed by atoms with E-state index in [4.69, 9.17) is 15.2 Å². The molecule has 4 saturated carbocycles. The molecule has 0 radical (unpaired) electrons. The van der Waals surface area contributed by atoms with Crippen molar-refractivity contribution in [3.63, 3.8) is 0 Å². The van der Waals surface area contributed by atoms with Gasteiger partial charge >= 0.3 is 0 Å². The summed E-state index contributed by atoms with van der Waals surface area (Å²) in [5.41, 5.74) is 17.4. The van der Waals surface area contributed by atoms with Crippen molar-refractivity contribution < 1.29 is 14.3 Å². The van der Waals surface area contributed by atoms with Crippen molar-refractivity contribution in [1.82, 2.24) is 5.43 Å². The van der Waals surface area contributed by atoms with Gasteiger partial charge in [0.05, 0.1) is 11.4 Å². The van der Waals surface area contributed by atoms with Crippen LogP contribution in [0.2, 0.25) is 0 Å². The van der Waals surface area contributed by atoms with Gasteiger partial charge in [-0.3, -0.25) is 15.6 Å². The number of hydrogen-bond donors (Lipinski definition) is 3. The zero-order valence-electron chi connectivity index (χ0n) is 24.4. The Hall–Kier alpha value is -4.45. The molecule has 220 valence electrons. The van der Waals surface area contributed by atoms with E-state index in [0.29, 0.717) is 35.9 Å². The first-order valence-electron chi connectivity index (χ1n) is 15.5. The summed E-state index contributed by atoms with van der Waals surface area (Å²) in [5.74, 6) is 3.71. The molecule has 4 N–H and O–H groups in total. The number of anilines is 2. The van der Waals surface area contributed by atoms with E-state index in [1.54, 1.807) is 12.1 Å². The molecule has 0 spiro atoms. The van der Waals surface area contributed by atoms with E-state index >= 15 is 0 Å². The molecule has 0 atom stereocenters. The second-order valence-electron chi connectivity index (χ2n) is 12.8. The molecule has 6 nitrogen and oxygen atoms in total. The molecule has 0 saturated heterocycles. The third kappa shape index (κ3) is 5.92. The van der Waals surface area contributed by atoms with Crippen LogP contribution in [-0.2, 0) is 18.6 Å². The first kappa shape index (κ1) is 27.4. The van der Waals surface area contributed by atoms with Gasteiger partial charge in [0.15, 0.2) is 0 Å². The van der Waals surface area contributed by atoms with Crippen LogP contribution in [0.4, 0.5) is 11.4 Å². The van der Waals surface area contributed by atoms with Gasteiger partial charge < -0.3 is 15.2 Å². The average molecular weight is 574 g/mol. The molecule has 4 aliphatic carbocycles. The molecule has 0 aliphatic heterocycles. The largest absolute Gasteiger partial charge is 0.489 e. The standard InChI is InChI=1S/C37H39N3O3/c38-33-19-31(42-23-25-7-3-1-4-8-25)12-14-34(33)39-40-36(41)30-11-13-32(35(18-30)43-24-26-9-5-2-6-10-26)37-20-27-15-28(21-37)17-29(16-27)22-37/h1-14,18-19,27-29,39H,15-17,20-24,38H2,(H,40,41). The maximum atomic E-state index is 13.3. The first-order chi connectivity index (χ1) is 21.0. The Morgan fingerprint density at radius 2 is 1.35 bits per heavy atom. The molecule has 4 bridgehead atoms. The summed E-state index contributed by atoms with van der Waals surface area (Å²) in [4.78, 5) is 13.3. The van der Waals surface area contributed by atoms with Gasteiger partial charge in [-0.2, -0.15) is 0 Å². The van der Waals surface area contributed by atoms with Gasteiger partial charge in [0, 0.05) is 17.2 Å². The van der Waals surface area contributed by atoms with Crippen LogP contribution in [0.15, 0.2) is 97.1 Å². The number of hydrogen-bond acceptors (Lipinski definition) is 5. The lowest BCUT2D eigenvalue weighted by Gasteiger charge is -2.57. The fourth-order valence-electron chi connectivity index (χ4n) is 8.08. The molecule has 4 aliphatic rings. The van der Waals surface area contributed by atoms with E-state index in [-0.39, 0.29) is 11.3 Å². The van der Waals surface area contributed by atoms with Gasteiger partial charge in [0.2, 0.25) is 0 Å². The third-order valence-electron chi connectivity index (χ3n) is 9.67. The van der Waals surface area contributed by atoms with E-state index in [1.165, 1.54) is 44.1 Å². The summed E-state index contributed by atoms with van der Waals surface area (Å²) in [7, 11) is 0. The lowest BCUT2D eigenvalue weighted by atomic mass is 9.48. The van der Waals surface area contributed by atoms with Crippen LogP contribution in [0, 0.1) is 17.8 Å². The molecule has 8 rings (SSSR count). The van der Waals surface area contributed by atoms with Crippen LogP contribution in [-0.4, -0.2) is 5.91 Å². The number of benzene rings is 4. The molecule has 0 heterocycles. The number of carbonyl (C=O) groups excluding carboxylic acids is 1. The van der Waals surface area contributed by atoms with Crippen LogP contribution in [0.1, 0.15) is 65.6 Å². The van der Waals surface area contributed by atoms with E-state index in [9.17, 15) is 4.79 Å². The van der Waals surface area contributed by atoms with Gasteiger partial charge in [-0.1, -0.05) is 66.7 Å². The maximum Gasteiger partial charge on any atom is 0.269 e.